The Morgan fingerprint density at radius 1 is 1.33 bits per heavy atom. The molecule has 1 saturated carbocycles. The molecule has 1 N–H and O–H groups in total. The van der Waals surface area contributed by atoms with Gasteiger partial charge in [0.25, 0.3) is 0 Å². The summed E-state index contributed by atoms with van der Waals surface area (Å²) in [5.41, 5.74) is 3.39. The lowest BCUT2D eigenvalue weighted by molar-refractivity contribution is 0.537. The molecule has 1 unspecified atom stereocenters. The van der Waals surface area contributed by atoms with Crippen molar-refractivity contribution < 1.29 is 0 Å². The van der Waals surface area contributed by atoms with Gasteiger partial charge in [-0.15, -0.1) is 0 Å². The van der Waals surface area contributed by atoms with E-state index in [1.54, 1.807) is 0 Å². The van der Waals surface area contributed by atoms with E-state index in [0.717, 1.165) is 29.6 Å². The van der Waals surface area contributed by atoms with E-state index in [1.165, 1.54) is 23.9 Å². The van der Waals surface area contributed by atoms with Crippen LogP contribution >= 0.6 is 0 Å². The molecule has 0 aliphatic heterocycles. The van der Waals surface area contributed by atoms with E-state index in [-0.39, 0.29) is 0 Å². The van der Waals surface area contributed by atoms with Crippen LogP contribution < -0.4 is 5.32 Å². The molecule has 0 bridgehead atoms. The average Bonchev–Trinajstić information content (AvgIpc) is 3.19. The zero-order valence-corrected chi connectivity index (χ0v) is 11.1. The second kappa shape index (κ2) is 4.60. The van der Waals surface area contributed by atoms with Crippen molar-refractivity contribution in [2.24, 2.45) is 11.8 Å². The Balaban J connectivity index is 1.85. The Kier molecular flexibility index (Phi) is 2.94. The second-order valence-corrected chi connectivity index (χ2v) is 5.52. The minimum Gasteiger partial charge on any atom is -0.384 e. The number of fused-ring (bicyclic) bond motifs is 1. The Hall–Kier alpha value is -1.57. The van der Waals surface area contributed by atoms with E-state index in [9.17, 15) is 0 Å². The van der Waals surface area contributed by atoms with Gasteiger partial charge in [0.15, 0.2) is 0 Å². The summed E-state index contributed by atoms with van der Waals surface area (Å²) < 4.78 is 0. The first kappa shape index (κ1) is 11.5. The summed E-state index contributed by atoms with van der Waals surface area (Å²) in [5.74, 6) is 1.73. The number of benzene rings is 1. The van der Waals surface area contributed by atoms with Crippen LogP contribution in [0, 0.1) is 18.8 Å². The molecule has 0 amide bonds. The molecule has 1 aromatic heterocycles. The molecule has 2 heteroatoms. The van der Waals surface area contributed by atoms with E-state index in [1.807, 2.05) is 6.07 Å². The van der Waals surface area contributed by atoms with Crippen molar-refractivity contribution in [3.05, 3.63) is 36.0 Å². The van der Waals surface area contributed by atoms with Crippen LogP contribution in [0.3, 0.4) is 0 Å². The fourth-order valence-electron chi connectivity index (χ4n) is 2.56. The molecule has 1 aliphatic carbocycles. The number of nitrogens with one attached hydrogen (secondary N) is 1. The number of aryl methyl sites for hydroxylation is 1. The molecule has 1 aliphatic rings. The van der Waals surface area contributed by atoms with E-state index in [0.29, 0.717) is 0 Å². The minimum atomic E-state index is 0.775. The lowest BCUT2D eigenvalue weighted by Gasteiger charge is -2.14. The molecule has 1 atom stereocenters. The lowest BCUT2D eigenvalue weighted by atomic mass is 10.1. The van der Waals surface area contributed by atoms with E-state index < -0.39 is 0 Å². The van der Waals surface area contributed by atoms with Gasteiger partial charge in [-0.05, 0) is 43.7 Å². The minimum absolute atomic E-state index is 0.775. The highest BCUT2D eigenvalue weighted by Gasteiger charge is 2.27. The van der Waals surface area contributed by atoms with Crippen molar-refractivity contribution >= 4 is 16.6 Å². The third-order valence-electron chi connectivity index (χ3n) is 3.89. The molecular formula is C16H20N2. The molecule has 0 saturated heterocycles. The van der Waals surface area contributed by atoms with Crippen molar-refractivity contribution in [1.29, 1.82) is 0 Å². The molecule has 1 heterocycles. The van der Waals surface area contributed by atoms with Crippen molar-refractivity contribution in [2.45, 2.75) is 26.7 Å². The predicted octanol–water partition coefficient (Wildman–Crippen LogP) is 4.00. The number of hydrogen-bond donors (Lipinski definition) is 1. The fraction of sp³-hybridized carbons (Fsp3) is 0.438. The number of hydrogen-bond acceptors (Lipinski definition) is 2. The van der Waals surface area contributed by atoms with Crippen LogP contribution in [0.4, 0.5) is 5.69 Å². The van der Waals surface area contributed by atoms with Crippen LogP contribution in [-0.2, 0) is 0 Å². The van der Waals surface area contributed by atoms with Crippen LogP contribution in [-0.4, -0.2) is 11.5 Å². The van der Waals surface area contributed by atoms with Crippen molar-refractivity contribution in [3.63, 3.8) is 0 Å². The summed E-state index contributed by atoms with van der Waals surface area (Å²) in [4.78, 5) is 4.57. The third-order valence-corrected chi connectivity index (χ3v) is 3.89. The molecule has 3 rings (SSSR count). The van der Waals surface area contributed by atoms with Gasteiger partial charge < -0.3 is 5.32 Å². The highest BCUT2D eigenvalue weighted by Crippen LogP contribution is 2.36. The third kappa shape index (κ3) is 2.33. The van der Waals surface area contributed by atoms with Gasteiger partial charge in [0.1, 0.15) is 0 Å². The summed E-state index contributed by atoms with van der Waals surface area (Å²) in [6.07, 6.45) is 2.83. The van der Waals surface area contributed by atoms with E-state index in [4.69, 9.17) is 0 Å². The topological polar surface area (TPSA) is 24.9 Å². The number of pyridine rings is 1. The number of para-hydroxylation sites is 1. The fourth-order valence-corrected chi connectivity index (χ4v) is 2.56. The summed E-state index contributed by atoms with van der Waals surface area (Å²) in [6, 6.07) is 10.5. The largest absolute Gasteiger partial charge is 0.384 e. The Morgan fingerprint density at radius 2 is 2.11 bits per heavy atom. The number of aromatic nitrogens is 1. The average molecular weight is 240 g/mol. The molecule has 18 heavy (non-hydrogen) atoms. The molecule has 0 radical (unpaired) electrons. The summed E-state index contributed by atoms with van der Waals surface area (Å²) in [5, 5.41) is 4.84. The second-order valence-electron chi connectivity index (χ2n) is 5.52. The Morgan fingerprint density at radius 3 is 2.89 bits per heavy atom. The smallest absolute Gasteiger partial charge is 0.0725 e. The standard InChI is InChI=1S/C16H20N2/c1-11(13-7-8-13)10-17-16-9-12(2)18-15-6-4-3-5-14(15)16/h3-6,9,11,13H,7-8,10H2,1-2H3,(H,17,18). The first-order valence-electron chi connectivity index (χ1n) is 6.84. The SMILES string of the molecule is Cc1cc(NCC(C)C2CC2)c2ccccc2n1. The normalized spacial score (nSPS) is 16.8. The highest BCUT2D eigenvalue weighted by atomic mass is 14.9. The monoisotopic (exact) mass is 240 g/mol. The Labute approximate surface area is 108 Å². The van der Waals surface area contributed by atoms with Crippen LogP contribution in [0.25, 0.3) is 10.9 Å². The van der Waals surface area contributed by atoms with Crippen LogP contribution in [0.2, 0.25) is 0 Å². The molecule has 2 nitrogen and oxygen atoms in total. The van der Waals surface area contributed by atoms with Crippen LogP contribution in [0.5, 0.6) is 0 Å². The first-order valence-corrected chi connectivity index (χ1v) is 6.84. The molecule has 2 aromatic rings. The van der Waals surface area contributed by atoms with Gasteiger partial charge in [-0.1, -0.05) is 25.1 Å². The van der Waals surface area contributed by atoms with Gasteiger partial charge in [-0.2, -0.15) is 0 Å². The quantitative estimate of drug-likeness (QED) is 0.873. The van der Waals surface area contributed by atoms with Gasteiger partial charge in [0.2, 0.25) is 0 Å². The molecule has 94 valence electrons. The van der Waals surface area contributed by atoms with Crippen LogP contribution in [0.1, 0.15) is 25.5 Å². The first-order chi connectivity index (χ1) is 8.74. The predicted molar refractivity (Wildman–Crippen MR) is 76.9 cm³/mol. The number of anilines is 1. The lowest BCUT2D eigenvalue weighted by Crippen LogP contribution is -2.13. The highest BCUT2D eigenvalue weighted by molar-refractivity contribution is 5.91. The molecule has 1 fully saturated rings. The van der Waals surface area contributed by atoms with Crippen molar-refractivity contribution in [1.82, 2.24) is 4.98 Å². The number of nitrogens with zero attached hydrogens (tertiary/aromatic N) is 1. The van der Waals surface area contributed by atoms with Crippen molar-refractivity contribution in [2.75, 3.05) is 11.9 Å². The molecule has 1 aromatic carbocycles. The van der Waals surface area contributed by atoms with Gasteiger partial charge in [-0.3, -0.25) is 4.98 Å². The number of rotatable bonds is 4. The summed E-state index contributed by atoms with van der Waals surface area (Å²) >= 11 is 0. The van der Waals surface area contributed by atoms with E-state index >= 15 is 0 Å². The zero-order valence-electron chi connectivity index (χ0n) is 11.1. The maximum atomic E-state index is 4.57. The Bertz CT molecular complexity index is 558. The van der Waals surface area contributed by atoms with Gasteiger partial charge >= 0.3 is 0 Å². The zero-order chi connectivity index (χ0) is 12.5. The molecular weight excluding hydrogens is 220 g/mol. The summed E-state index contributed by atoms with van der Waals surface area (Å²) in [7, 11) is 0. The molecule has 0 spiro atoms. The van der Waals surface area contributed by atoms with Crippen LogP contribution in [0.15, 0.2) is 30.3 Å². The maximum absolute atomic E-state index is 4.57. The maximum Gasteiger partial charge on any atom is 0.0725 e. The van der Waals surface area contributed by atoms with Gasteiger partial charge in [-0.25, -0.2) is 0 Å². The van der Waals surface area contributed by atoms with Gasteiger partial charge in [0, 0.05) is 23.3 Å². The van der Waals surface area contributed by atoms with Gasteiger partial charge in [0.05, 0.1) is 5.52 Å². The summed E-state index contributed by atoms with van der Waals surface area (Å²) in [6.45, 7) is 5.47. The van der Waals surface area contributed by atoms with E-state index in [2.05, 4.69) is 48.4 Å². The van der Waals surface area contributed by atoms with Crippen molar-refractivity contribution in [3.8, 4) is 0 Å².